The maximum absolute atomic E-state index is 9.97. The molecule has 1 saturated heterocycles. The molecular formula is C14H21ClN2O. The van der Waals surface area contributed by atoms with Gasteiger partial charge in [0.15, 0.2) is 0 Å². The predicted molar refractivity (Wildman–Crippen MR) is 74.9 cm³/mol. The second kappa shape index (κ2) is 6.02. The lowest BCUT2D eigenvalue weighted by Crippen LogP contribution is -2.56. The topological polar surface area (TPSA) is 35.5 Å². The average Bonchev–Trinajstić information content (AvgIpc) is 2.42. The van der Waals surface area contributed by atoms with Crippen LogP contribution in [0.25, 0.3) is 0 Å². The van der Waals surface area contributed by atoms with Gasteiger partial charge in [0.05, 0.1) is 12.1 Å². The zero-order valence-corrected chi connectivity index (χ0v) is 11.6. The van der Waals surface area contributed by atoms with Crippen molar-refractivity contribution in [3.63, 3.8) is 0 Å². The molecule has 2 N–H and O–H groups in total. The Bertz CT molecular complexity index is 387. The van der Waals surface area contributed by atoms with Crippen molar-refractivity contribution < 1.29 is 5.11 Å². The molecule has 1 atom stereocenters. The van der Waals surface area contributed by atoms with Gasteiger partial charge in [0.2, 0.25) is 0 Å². The lowest BCUT2D eigenvalue weighted by Gasteiger charge is -2.45. The summed E-state index contributed by atoms with van der Waals surface area (Å²) in [4.78, 5) is 2.37. The van der Waals surface area contributed by atoms with E-state index in [2.05, 4.69) is 23.2 Å². The molecule has 1 aromatic rings. The number of hydrogen-bond acceptors (Lipinski definition) is 3. The molecule has 3 nitrogen and oxygen atoms in total. The van der Waals surface area contributed by atoms with E-state index in [0.29, 0.717) is 0 Å². The SMILES string of the molecule is CCC(CO)(c1cccc(Cl)c1)N1CCNCC1. The van der Waals surface area contributed by atoms with E-state index in [1.807, 2.05) is 18.2 Å². The first-order valence-electron chi connectivity index (χ1n) is 6.55. The van der Waals surface area contributed by atoms with Crippen LogP contribution in [0, 0.1) is 0 Å². The number of nitrogens with one attached hydrogen (secondary N) is 1. The molecule has 0 saturated carbocycles. The standard InChI is InChI=1S/C14H21ClN2O/c1-2-14(11-18,17-8-6-16-7-9-17)12-4-3-5-13(15)10-12/h3-5,10,16,18H,2,6-9,11H2,1H3. The summed E-state index contributed by atoms with van der Waals surface area (Å²) in [5.74, 6) is 0. The van der Waals surface area contributed by atoms with Crippen molar-refractivity contribution in [2.75, 3.05) is 32.8 Å². The molecule has 0 radical (unpaired) electrons. The third-order valence-electron chi connectivity index (χ3n) is 3.93. The van der Waals surface area contributed by atoms with Crippen molar-refractivity contribution in [2.45, 2.75) is 18.9 Å². The van der Waals surface area contributed by atoms with Gasteiger partial charge < -0.3 is 10.4 Å². The molecule has 0 spiro atoms. The van der Waals surface area contributed by atoms with Gasteiger partial charge in [0, 0.05) is 31.2 Å². The van der Waals surface area contributed by atoms with Gasteiger partial charge in [-0.3, -0.25) is 4.90 Å². The highest BCUT2D eigenvalue weighted by atomic mass is 35.5. The van der Waals surface area contributed by atoms with E-state index in [9.17, 15) is 5.11 Å². The van der Waals surface area contributed by atoms with Crippen LogP contribution in [0.1, 0.15) is 18.9 Å². The molecule has 18 heavy (non-hydrogen) atoms. The van der Waals surface area contributed by atoms with Crippen LogP contribution in [0.15, 0.2) is 24.3 Å². The van der Waals surface area contributed by atoms with Crippen molar-refractivity contribution in [3.05, 3.63) is 34.9 Å². The van der Waals surface area contributed by atoms with Crippen molar-refractivity contribution in [3.8, 4) is 0 Å². The molecular weight excluding hydrogens is 248 g/mol. The molecule has 1 aromatic carbocycles. The van der Waals surface area contributed by atoms with Crippen LogP contribution in [-0.2, 0) is 5.54 Å². The summed E-state index contributed by atoms with van der Waals surface area (Å²) >= 11 is 6.09. The lowest BCUT2D eigenvalue weighted by atomic mass is 9.85. The molecule has 1 aliphatic heterocycles. The first-order chi connectivity index (χ1) is 8.73. The predicted octanol–water partition coefficient (Wildman–Crippen LogP) is 1.84. The maximum Gasteiger partial charge on any atom is 0.0692 e. The van der Waals surface area contributed by atoms with Gasteiger partial charge in [-0.1, -0.05) is 30.7 Å². The lowest BCUT2D eigenvalue weighted by molar-refractivity contribution is 0.0138. The number of aliphatic hydroxyl groups excluding tert-OH is 1. The summed E-state index contributed by atoms with van der Waals surface area (Å²) in [5, 5.41) is 14.0. The minimum absolute atomic E-state index is 0.129. The molecule has 0 bridgehead atoms. The van der Waals surface area contributed by atoms with Gasteiger partial charge >= 0.3 is 0 Å². The Balaban J connectivity index is 2.35. The van der Waals surface area contributed by atoms with Gasteiger partial charge in [0.1, 0.15) is 0 Å². The molecule has 1 fully saturated rings. The molecule has 1 unspecified atom stereocenters. The number of piperazine rings is 1. The van der Waals surface area contributed by atoms with E-state index in [0.717, 1.165) is 43.2 Å². The van der Waals surface area contributed by atoms with Crippen molar-refractivity contribution in [1.29, 1.82) is 0 Å². The van der Waals surface area contributed by atoms with Crippen molar-refractivity contribution in [1.82, 2.24) is 10.2 Å². The Morgan fingerprint density at radius 1 is 1.39 bits per heavy atom. The van der Waals surface area contributed by atoms with E-state index >= 15 is 0 Å². The van der Waals surface area contributed by atoms with Crippen LogP contribution >= 0.6 is 11.6 Å². The number of benzene rings is 1. The van der Waals surface area contributed by atoms with E-state index in [1.165, 1.54) is 0 Å². The Morgan fingerprint density at radius 2 is 2.11 bits per heavy atom. The molecule has 2 rings (SSSR count). The smallest absolute Gasteiger partial charge is 0.0692 e. The van der Waals surface area contributed by atoms with Crippen LogP contribution < -0.4 is 5.32 Å². The van der Waals surface area contributed by atoms with E-state index in [4.69, 9.17) is 11.6 Å². The number of halogens is 1. The largest absolute Gasteiger partial charge is 0.394 e. The molecule has 100 valence electrons. The molecule has 0 aromatic heterocycles. The minimum Gasteiger partial charge on any atom is -0.394 e. The first-order valence-corrected chi connectivity index (χ1v) is 6.93. The Kier molecular flexibility index (Phi) is 4.62. The molecule has 4 heteroatoms. The Morgan fingerprint density at radius 3 is 2.67 bits per heavy atom. The van der Waals surface area contributed by atoms with E-state index in [1.54, 1.807) is 0 Å². The fourth-order valence-corrected chi connectivity index (χ4v) is 2.97. The minimum atomic E-state index is -0.299. The van der Waals surface area contributed by atoms with E-state index in [-0.39, 0.29) is 12.1 Å². The highest BCUT2D eigenvalue weighted by Gasteiger charge is 2.36. The molecule has 0 aliphatic carbocycles. The summed E-state index contributed by atoms with van der Waals surface area (Å²) in [6, 6.07) is 7.87. The summed E-state index contributed by atoms with van der Waals surface area (Å²) in [6.07, 6.45) is 0.879. The molecule has 0 amide bonds. The summed E-state index contributed by atoms with van der Waals surface area (Å²) in [7, 11) is 0. The fraction of sp³-hybridized carbons (Fsp3) is 0.571. The summed E-state index contributed by atoms with van der Waals surface area (Å²) in [6.45, 7) is 6.12. The zero-order chi connectivity index (χ0) is 13.0. The first kappa shape index (κ1) is 13.8. The van der Waals surface area contributed by atoms with Crippen LogP contribution in [0.3, 0.4) is 0 Å². The zero-order valence-electron chi connectivity index (χ0n) is 10.8. The second-order valence-electron chi connectivity index (χ2n) is 4.79. The average molecular weight is 269 g/mol. The monoisotopic (exact) mass is 268 g/mol. The third kappa shape index (κ3) is 2.54. The van der Waals surface area contributed by atoms with Gasteiger partial charge in [0.25, 0.3) is 0 Å². The van der Waals surface area contributed by atoms with Gasteiger partial charge in [-0.15, -0.1) is 0 Å². The summed E-state index contributed by atoms with van der Waals surface area (Å²) < 4.78 is 0. The van der Waals surface area contributed by atoms with Crippen molar-refractivity contribution >= 4 is 11.6 Å². The van der Waals surface area contributed by atoms with Crippen LogP contribution in [0.2, 0.25) is 5.02 Å². The normalized spacial score (nSPS) is 20.6. The van der Waals surface area contributed by atoms with Gasteiger partial charge in [-0.25, -0.2) is 0 Å². The Labute approximate surface area is 114 Å². The van der Waals surface area contributed by atoms with Crippen LogP contribution in [0.5, 0.6) is 0 Å². The molecule has 1 heterocycles. The number of nitrogens with zero attached hydrogens (tertiary/aromatic N) is 1. The third-order valence-corrected chi connectivity index (χ3v) is 4.17. The fourth-order valence-electron chi connectivity index (χ4n) is 2.78. The van der Waals surface area contributed by atoms with Crippen LogP contribution in [-0.4, -0.2) is 42.8 Å². The Hall–Kier alpha value is -0.610. The highest BCUT2D eigenvalue weighted by molar-refractivity contribution is 6.30. The van der Waals surface area contributed by atoms with E-state index < -0.39 is 0 Å². The highest BCUT2D eigenvalue weighted by Crippen LogP contribution is 2.33. The van der Waals surface area contributed by atoms with Gasteiger partial charge in [-0.05, 0) is 24.1 Å². The quantitative estimate of drug-likeness (QED) is 0.875. The van der Waals surface area contributed by atoms with Crippen molar-refractivity contribution in [2.24, 2.45) is 0 Å². The second-order valence-corrected chi connectivity index (χ2v) is 5.23. The number of rotatable bonds is 4. The number of aliphatic hydroxyl groups is 1. The van der Waals surface area contributed by atoms with Gasteiger partial charge in [-0.2, -0.15) is 0 Å². The summed E-state index contributed by atoms with van der Waals surface area (Å²) in [5.41, 5.74) is 0.814. The number of hydrogen-bond donors (Lipinski definition) is 2. The maximum atomic E-state index is 9.97. The molecule has 1 aliphatic rings. The van der Waals surface area contributed by atoms with Crippen LogP contribution in [0.4, 0.5) is 0 Å².